The van der Waals surface area contributed by atoms with Crippen molar-refractivity contribution in [1.82, 2.24) is 4.90 Å². The van der Waals surface area contributed by atoms with Crippen LogP contribution in [-0.4, -0.2) is 35.2 Å². The minimum absolute atomic E-state index is 0.357. The van der Waals surface area contributed by atoms with Crippen LogP contribution in [0.5, 0.6) is 0 Å². The van der Waals surface area contributed by atoms with Crippen molar-refractivity contribution in [3.63, 3.8) is 0 Å². The van der Waals surface area contributed by atoms with Crippen molar-refractivity contribution < 1.29 is 9.90 Å². The summed E-state index contributed by atoms with van der Waals surface area (Å²) in [4.78, 5) is 12.4. The van der Waals surface area contributed by atoms with Gasteiger partial charge in [-0.15, -0.1) is 0 Å². The molecule has 1 aliphatic rings. The molecule has 126 valence electrons. The number of carboxylic acid groups (broad SMARTS) is 1. The second kappa shape index (κ2) is 7.86. The molecule has 0 radical (unpaired) electrons. The molecule has 1 heterocycles. The quantitative estimate of drug-likeness (QED) is 0.873. The van der Waals surface area contributed by atoms with Crippen molar-refractivity contribution in [3.05, 3.63) is 65.7 Å². The number of nitrogens with zero attached hydrogens (tertiary/aromatic N) is 1. The molecule has 0 bridgehead atoms. The molecule has 0 aliphatic carbocycles. The molecule has 2 N–H and O–H groups in total. The van der Waals surface area contributed by atoms with Gasteiger partial charge in [0.2, 0.25) is 0 Å². The number of benzene rings is 2. The first-order valence-electron chi connectivity index (χ1n) is 8.58. The van der Waals surface area contributed by atoms with Crippen LogP contribution in [-0.2, 0) is 12.8 Å². The highest BCUT2D eigenvalue weighted by Crippen LogP contribution is 2.18. The molecular weight excluding hydrogens is 300 g/mol. The van der Waals surface area contributed by atoms with Gasteiger partial charge in [0.1, 0.15) is 0 Å². The normalized spacial score (nSPS) is 15.2. The Labute approximate surface area is 143 Å². The summed E-state index contributed by atoms with van der Waals surface area (Å²) in [5.41, 5.74) is 3.82. The van der Waals surface area contributed by atoms with Crippen LogP contribution in [0, 0.1) is 0 Å². The van der Waals surface area contributed by atoms with Crippen LogP contribution in [0.2, 0.25) is 0 Å². The van der Waals surface area contributed by atoms with Crippen molar-refractivity contribution in [1.29, 1.82) is 0 Å². The lowest BCUT2D eigenvalue weighted by Gasteiger charge is -2.31. The van der Waals surface area contributed by atoms with Gasteiger partial charge in [-0.3, -0.25) is 0 Å². The SMILES string of the molecule is O=C(O)N1CCC(Nc2ccc(CCc3ccccc3)cc2)CC1. The lowest BCUT2D eigenvalue weighted by molar-refractivity contribution is 0.134. The molecule has 1 aliphatic heterocycles. The van der Waals surface area contributed by atoms with Gasteiger partial charge in [0.05, 0.1) is 0 Å². The maximum absolute atomic E-state index is 10.9. The van der Waals surface area contributed by atoms with E-state index in [0.717, 1.165) is 31.4 Å². The molecule has 3 rings (SSSR count). The molecule has 1 fully saturated rings. The van der Waals surface area contributed by atoms with E-state index in [1.165, 1.54) is 16.0 Å². The molecule has 2 aromatic carbocycles. The first kappa shape index (κ1) is 16.4. The monoisotopic (exact) mass is 324 g/mol. The van der Waals surface area contributed by atoms with Gasteiger partial charge in [0.25, 0.3) is 0 Å². The zero-order valence-corrected chi connectivity index (χ0v) is 13.8. The van der Waals surface area contributed by atoms with E-state index >= 15 is 0 Å². The number of aryl methyl sites for hydroxylation is 2. The molecule has 0 unspecified atom stereocenters. The van der Waals surface area contributed by atoms with Gasteiger partial charge in [0.15, 0.2) is 0 Å². The van der Waals surface area contributed by atoms with E-state index in [9.17, 15) is 4.79 Å². The minimum Gasteiger partial charge on any atom is -0.465 e. The maximum atomic E-state index is 10.9. The van der Waals surface area contributed by atoms with Crippen molar-refractivity contribution in [2.75, 3.05) is 18.4 Å². The average molecular weight is 324 g/mol. The van der Waals surface area contributed by atoms with E-state index in [1.807, 2.05) is 6.07 Å². The summed E-state index contributed by atoms with van der Waals surface area (Å²) in [6.45, 7) is 1.23. The zero-order valence-electron chi connectivity index (χ0n) is 13.8. The van der Waals surface area contributed by atoms with E-state index in [1.54, 1.807) is 0 Å². The standard InChI is InChI=1S/C20H24N2O2/c23-20(24)22-14-12-19(13-15-22)21-18-10-8-17(9-11-18)7-6-16-4-2-1-3-5-16/h1-5,8-11,19,21H,6-7,12-15H2,(H,23,24). The molecule has 0 spiro atoms. The van der Waals surface area contributed by atoms with Crippen LogP contribution in [0.25, 0.3) is 0 Å². The van der Waals surface area contributed by atoms with Crippen molar-refractivity contribution in [2.45, 2.75) is 31.7 Å². The second-order valence-electron chi connectivity index (χ2n) is 6.37. The number of anilines is 1. The summed E-state index contributed by atoms with van der Waals surface area (Å²) in [5.74, 6) is 0. The van der Waals surface area contributed by atoms with Crippen LogP contribution in [0.3, 0.4) is 0 Å². The summed E-state index contributed by atoms with van der Waals surface area (Å²) in [6, 6.07) is 19.5. The second-order valence-corrected chi connectivity index (χ2v) is 6.37. The summed E-state index contributed by atoms with van der Waals surface area (Å²) in [6.07, 6.45) is 3.02. The topological polar surface area (TPSA) is 52.6 Å². The fraction of sp³-hybridized carbons (Fsp3) is 0.350. The van der Waals surface area contributed by atoms with Gasteiger partial charge in [-0.1, -0.05) is 42.5 Å². The molecule has 4 heteroatoms. The Morgan fingerprint density at radius 1 is 0.958 bits per heavy atom. The Morgan fingerprint density at radius 3 is 2.12 bits per heavy atom. The number of hydrogen-bond acceptors (Lipinski definition) is 2. The van der Waals surface area contributed by atoms with E-state index in [-0.39, 0.29) is 0 Å². The lowest BCUT2D eigenvalue weighted by Crippen LogP contribution is -2.41. The highest BCUT2D eigenvalue weighted by molar-refractivity contribution is 5.65. The zero-order chi connectivity index (χ0) is 16.8. The van der Waals surface area contributed by atoms with Gasteiger partial charge in [-0.05, 0) is 48.9 Å². The molecule has 0 atom stereocenters. The first-order chi connectivity index (χ1) is 11.7. The summed E-state index contributed by atoms with van der Waals surface area (Å²) in [5, 5.41) is 12.5. The highest BCUT2D eigenvalue weighted by atomic mass is 16.4. The summed E-state index contributed by atoms with van der Waals surface area (Å²) < 4.78 is 0. The van der Waals surface area contributed by atoms with Crippen molar-refractivity contribution >= 4 is 11.8 Å². The summed E-state index contributed by atoms with van der Waals surface area (Å²) >= 11 is 0. The molecule has 0 aromatic heterocycles. The largest absolute Gasteiger partial charge is 0.465 e. The Morgan fingerprint density at radius 2 is 1.54 bits per heavy atom. The predicted octanol–water partition coefficient (Wildman–Crippen LogP) is 4.03. The fourth-order valence-corrected chi connectivity index (χ4v) is 3.15. The fourth-order valence-electron chi connectivity index (χ4n) is 3.15. The molecule has 1 amide bonds. The van der Waals surface area contributed by atoms with Gasteiger partial charge in [0, 0.05) is 24.8 Å². The Bertz CT molecular complexity index is 647. The number of piperidine rings is 1. The van der Waals surface area contributed by atoms with Gasteiger partial charge < -0.3 is 15.3 Å². The lowest BCUT2D eigenvalue weighted by atomic mass is 10.0. The van der Waals surface area contributed by atoms with Crippen molar-refractivity contribution in [2.24, 2.45) is 0 Å². The number of hydrogen-bond donors (Lipinski definition) is 2. The van der Waals surface area contributed by atoms with Crippen LogP contribution >= 0.6 is 0 Å². The van der Waals surface area contributed by atoms with Gasteiger partial charge in [-0.25, -0.2) is 4.79 Å². The van der Waals surface area contributed by atoms with Crippen LogP contribution in [0.1, 0.15) is 24.0 Å². The smallest absolute Gasteiger partial charge is 0.407 e. The van der Waals surface area contributed by atoms with E-state index in [2.05, 4.69) is 53.8 Å². The first-order valence-corrected chi connectivity index (χ1v) is 8.58. The predicted molar refractivity (Wildman–Crippen MR) is 96.5 cm³/mol. The molecular formula is C20H24N2O2. The number of rotatable bonds is 5. The Balaban J connectivity index is 1.47. The number of amides is 1. The third kappa shape index (κ3) is 4.51. The van der Waals surface area contributed by atoms with Crippen LogP contribution < -0.4 is 5.32 Å². The maximum Gasteiger partial charge on any atom is 0.407 e. The van der Waals surface area contributed by atoms with E-state index < -0.39 is 6.09 Å². The van der Waals surface area contributed by atoms with Crippen molar-refractivity contribution in [3.8, 4) is 0 Å². The minimum atomic E-state index is -0.809. The Kier molecular flexibility index (Phi) is 5.36. The third-order valence-corrected chi connectivity index (χ3v) is 4.64. The van der Waals surface area contributed by atoms with Gasteiger partial charge in [-0.2, -0.15) is 0 Å². The molecule has 2 aromatic rings. The average Bonchev–Trinajstić information content (AvgIpc) is 2.62. The van der Waals surface area contributed by atoms with Gasteiger partial charge >= 0.3 is 6.09 Å². The molecule has 4 nitrogen and oxygen atoms in total. The summed E-state index contributed by atoms with van der Waals surface area (Å²) in [7, 11) is 0. The third-order valence-electron chi connectivity index (χ3n) is 4.64. The number of carbonyl (C=O) groups is 1. The van der Waals surface area contributed by atoms with E-state index in [0.29, 0.717) is 19.1 Å². The molecule has 1 saturated heterocycles. The molecule has 24 heavy (non-hydrogen) atoms. The Hall–Kier alpha value is -2.49. The number of nitrogens with one attached hydrogen (secondary N) is 1. The highest BCUT2D eigenvalue weighted by Gasteiger charge is 2.21. The number of likely N-dealkylation sites (tertiary alicyclic amines) is 1. The van der Waals surface area contributed by atoms with Crippen LogP contribution in [0.4, 0.5) is 10.5 Å². The van der Waals surface area contributed by atoms with E-state index in [4.69, 9.17) is 5.11 Å². The molecule has 0 saturated carbocycles. The van der Waals surface area contributed by atoms with Crippen LogP contribution in [0.15, 0.2) is 54.6 Å².